The van der Waals surface area contributed by atoms with E-state index in [0.717, 1.165) is 27.6 Å². The molecule has 0 heterocycles. The van der Waals surface area contributed by atoms with Crippen LogP contribution in [0.2, 0.25) is 0 Å². The third-order valence-electron chi connectivity index (χ3n) is 4.37. The van der Waals surface area contributed by atoms with E-state index in [0.29, 0.717) is 5.06 Å². The molecule has 0 bridgehead atoms. The first-order valence-corrected chi connectivity index (χ1v) is 8.19. The topological polar surface area (TPSA) is 52.6 Å². The van der Waals surface area contributed by atoms with E-state index in [9.17, 15) is 10.0 Å². The third kappa shape index (κ3) is 3.64. The number of fused-ring (bicyclic) bond motifs is 1. The van der Waals surface area contributed by atoms with Crippen LogP contribution in [0.5, 0.6) is 5.75 Å². The zero-order chi connectivity index (χ0) is 17.8. The number of methoxy groups -OCH3 is 1. The van der Waals surface area contributed by atoms with Gasteiger partial charge in [-0.3, -0.25) is 4.79 Å². The van der Waals surface area contributed by atoms with Gasteiger partial charge in [0.15, 0.2) is 0 Å². The highest BCUT2D eigenvalue weighted by Gasteiger charge is 2.19. The molecule has 0 saturated carbocycles. The van der Waals surface area contributed by atoms with Crippen molar-refractivity contribution >= 4 is 16.7 Å². The summed E-state index contributed by atoms with van der Waals surface area (Å²) in [5.74, 6) is -0.191. The molecule has 0 aliphatic carbocycles. The van der Waals surface area contributed by atoms with Crippen LogP contribution < -0.4 is 4.74 Å². The Morgan fingerprint density at radius 3 is 2.56 bits per heavy atom. The second-order valence-corrected chi connectivity index (χ2v) is 6.02. The van der Waals surface area contributed by atoms with Gasteiger partial charge in [-0.1, -0.05) is 54.6 Å². The second kappa shape index (κ2) is 7.36. The number of ether oxygens (including phenoxy) is 1. The molecule has 0 N–H and O–H groups in total. The highest BCUT2D eigenvalue weighted by molar-refractivity contribution is 5.93. The Kier molecular flexibility index (Phi) is 5.00. The van der Waals surface area contributed by atoms with E-state index >= 15 is 0 Å². The Balaban J connectivity index is 1.85. The van der Waals surface area contributed by atoms with E-state index in [4.69, 9.17) is 4.74 Å². The van der Waals surface area contributed by atoms with Crippen molar-refractivity contribution in [3.8, 4) is 5.75 Å². The fourth-order valence-corrected chi connectivity index (χ4v) is 2.97. The number of hydroxylamine groups is 2. The van der Waals surface area contributed by atoms with Crippen molar-refractivity contribution in [3.05, 3.63) is 83.1 Å². The van der Waals surface area contributed by atoms with Crippen molar-refractivity contribution in [1.82, 2.24) is 5.06 Å². The molecule has 1 atom stereocenters. The van der Waals surface area contributed by atoms with Crippen molar-refractivity contribution in [2.75, 3.05) is 7.11 Å². The van der Waals surface area contributed by atoms with Crippen LogP contribution in [-0.4, -0.2) is 18.1 Å². The Bertz CT molecular complexity index is 877. The number of hydrogen-bond donors (Lipinski definition) is 0. The molecule has 128 valence electrons. The lowest BCUT2D eigenvalue weighted by molar-refractivity contribution is -0.130. The predicted octanol–water partition coefficient (Wildman–Crippen LogP) is 4.48. The molecule has 1 amide bonds. The van der Waals surface area contributed by atoms with Crippen LogP contribution in [0.1, 0.15) is 24.0 Å². The van der Waals surface area contributed by atoms with Crippen LogP contribution in [0.3, 0.4) is 0 Å². The summed E-state index contributed by atoms with van der Waals surface area (Å²) in [6, 6.07) is 20.8. The van der Waals surface area contributed by atoms with Crippen LogP contribution >= 0.6 is 0 Å². The summed E-state index contributed by atoms with van der Waals surface area (Å²) in [5.41, 5.74) is 1.67. The van der Waals surface area contributed by atoms with Crippen LogP contribution in [0.15, 0.2) is 66.7 Å². The smallest absolute Gasteiger partial charge is 0.219 e. The Labute approximate surface area is 147 Å². The van der Waals surface area contributed by atoms with E-state index in [1.165, 1.54) is 0 Å². The number of carbonyl (C=O) groups is 1. The normalized spacial score (nSPS) is 12.0. The molecule has 0 aliphatic rings. The minimum absolute atomic E-state index is 0.0581. The van der Waals surface area contributed by atoms with Gasteiger partial charge in [-0.25, -0.2) is 0 Å². The van der Waals surface area contributed by atoms with Gasteiger partial charge in [-0.05, 0) is 41.0 Å². The summed E-state index contributed by atoms with van der Waals surface area (Å²) in [4.78, 5) is 12.6. The number of rotatable bonds is 5. The quantitative estimate of drug-likeness (QED) is 0.647. The molecule has 1 unspecified atom stereocenters. The first-order valence-electron chi connectivity index (χ1n) is 8.19. The molecule has 0 aliphatic heterocycles. The summed E-state index contributed by atoms with van der Waals surface area (Å²) in [5, 5.41) is 14.8. The minimum atomic E-state index is -0.515. The van der Waals surface area contributed by atoms with Gasteiger partial charge in [0.1, 0.15) is 5.75 Å². The van der Waals surface area contributed by atoms with Crippen molar-refractivity contribution < 1.29 is 9.53 Å². The lowest BCUT2D eigenvalue weighted by Crippen LogP contribution is -2.28. The highest BCUT2D eigenvalue weighted by Crippen LogP contribution is 2.29. The van der Waals surface area contributed by atoms with Crippen LogP contribution in [0.4, 0.5) is 0 Å². The fourth-order valence-electron chi connectivity index (χ4n) is 2.97. The molecule has 4 nitrogen and oxygen atoms in total. The monoisotopic (exact) mass is 334 g/mol. The summed E-state index contributed by atoms with van der Waals surface area (Å²) in [6.45, 7) is 1.83. The van der Waals surface area contributed by atoms with Gasteiger partial charge >= 0.3 is 0 Å². The molecule has 0 saturated heterocycles. The van der Waals surface area contributed by atoms with Crippen LogP contribution in [0.25, 0.3) is 10.8 Å². The molecule has 3 rings (SSSR count). The van der Waals surface area contributed by atoms with E-state index < -0.39 is 11.8 Å². The van der Waals surface area contributed by atoms with E-state index in [-0.39, 0.29) is 6.54 Å². The maximum atomic E-state index is 12.6. The van der Waals surface area contributed by atoms with E-state index in [1.54, 1.807) is 14.0 Å². The number of hydrogen-bond acceptors (Lipinski definition) is 3. The van der Waals surface area contributed by atoms with Crippen molar-refractivity contribution in [2.24, 2.45) is 0 Å². The SMILES string of the molecule is COc1ccc2c(C(C)C(=O)N([O-])Cc3ccccc3)cccc2c1. The van der Waals surface area contributed by atoms with Gasteiger partial charge in [-0.2, -0.15) is 0 Å². The molecule has 0 spiro atoms. The average Bonchev–Trinajstić information content (AvgIpc) is 2.66. The molecule has 3 aromatic rings. The lowest BCUT2D eigenvalue weighted by atomic mass is 9.94. The summed E-state index contributed by atoms with van der Waals surface area (Å²) in [7, 11) is 1.62. The van der Waals surface area contributed by atoms with Crippen LogP contribution in [0, 0.1) is 5.21 Å². The van der Waals surface area contributed by atoms with E-state index in [2.05, 4.69) is 0 Å². The Morgan fingerprint density at radius 1 is 1.08 bits per heavy atom. The first-order chi connectivity index (χ1) is 12.1. The third-order valence-corrected chi connectivity index (χ3v) is 4.37. The standard InChI is InChI=1S/C21H20NO3/c1-15(21(23)22(24)14-16-7-4-3-5-8-16)19-10-6-9-17-13-18(25-2)11-12-20(17)19/h3-13,15H,14H2,1-2H3/q-1. The van der Waals surface area contributed by atoms with Gasteiger partial charge < -0.3 is 15.0 Å². The van der Waals surface area contributed by atoms with Gasteiger partial charge in [0.25, 0.3) is 0 Å². The maximum Gasteiger partial charge on any atom is 0.219 e. The largest absolute Gasteiger partial charge is 0.756 e. The fraction of sp³-hybridized carbons (Fsp3) is 0.190. The molecular weight excluding hydrogens is 314 g/mol. The van der Waals surface area contributed by atoms with Gasteiger partial charge in [0.05, 0.1) is 13.0 Å². The second-order valence-electron chi connectivity index (χ2n) is 6.02. The van der Waals surface area contributed by atoms with Crippen molar-refractivity contribution in [1.29, 1.82) is 0 Å². The molecule has 3 aromatic carbocycles. The summed E-state index contributed by atoms with van der Waals surface area (Å²) < 4.78 is 5.25. The number of nitrogens with zero attached hydrogens (tertiary/aromatic N) is 1. The number of carbonyl (C=O) groups excluding carboxylic acids is 1. The van der Waals surface area contributed by atoms with Crippen molar-refractivity contribution in [3.63, 3.8) is 0 Å². The molecule has 0 fully saturated rings. The molecule has 4 heteroatoms. The van der Waals surface area contributed by atoms with Crippen LogP contribution in [-0.2, 0) is 11.3 Å². The number of amides is 1. The summed E-state index contributed by atoms with van der Waals surface area (Å²) in [6.07, 6.45) is 0. The Morgan fingerprint density at radius 2 is 1.84 bits per heavy atom. The predicted molar refractivity (Wildman–Crippen MR) is 99.3 cm³/mol. The maximum absolute atomic E-state index is 12.6. The molecule has 25 heavy (non-hydrogen) atoms. The van der Waals surface area contributed by atoms with Gasteiger partial charge in [-0.15, -0.1) is 0 Å². The van der Waals surface area contributed by atoms with Gasteiger partial charge in [0, 0.05) is 6.54 Å². The summed E-state index contributed by atoms with van der Waals surface area (Å²) >= 11 is 0. The highest BCUT2D eigenvalue weighted by atomic mass is 16.5. The molecule has 0 aromatic heterocycles. The molecular formula is C21H20NO3-. The first kappa shape index (κ1) is 17.0. The average molecular weight is 334 g/mol. The zero-order valence-corrected chi connectivity index (χ0v) is 14.3. The molecule has 0 radical (unpaired) electrons. The zero-order valence-electron chi connectivity index (χ0n) is 14.3. The van der Waals surface area contributed by atoms with Gasteiger partial charge in [0.2, 0.25) is 5.91 Å². The van der Waals surface area contributed by atoms with E-state index in [1.807, 2.05) is 66.7 Å². The lowest BCUT2D eigenvalue weighted by Gasteiger charge is -2.31. The van der Waals surface area contributed by atoms with Crippen molar-refractivity contribution in [2.45, 2.75) is 19.4 Å². The number of benzene rings is 3. The minimum Gasteiger partial charge on any atom is -0.756 e. The Hall–Kier alpha value is -2.85.